The van der Waals surface area contributed by atoms with Gasteiger partial charge in [0.15, 0.2) is 0 Å². The van der Waals surface area contributed by atoms with E-state index in [1.165, 1.54) is 15.0 Å². The molecule has 1 aliphatic carbocycles. The largest absolute Gasteiger partial charge is 0.303 e. The number of thiophene rings is 1. The van der Waals surface area contributed by atoms with Crippen molar-refractivity contribution in [2.24, 2.45) is 7.05 Å². The van der Waals surface area contributed by atoms with Crippen molar-refractivity contribution in [3.05, 3.63) is 27.7 Å². The van der Waals surface area contributed by atoms with E-state index in [1.54, 1.807) is 18.4 Å². The molecule has 102 valence electrons. The first-order valence-corrected chi connectivity index (χ1v) is 9.07. The molecule has 0 N–H and O–H groups in total. The first kappa shape index (κ1) is 13.1. The Balaban J connectivity index is 2.09. The second kappa shape index (κ2) is 4.57. The highest BCUT2D eigenvalue weighted by molar-refractivity contribution is 8.13. The summed E-state index contributed by atoms with van der Waals surface area (Å²) in [5.74, 6) is 0.776. The number of nitrogens with zero attached hydrogens (tertiary/aromatic N) is 3. The maximum absolute atomic E-state index is 11.4. The van der Waals surface area contributed by atoms with Crippen molar-refractivity contribution in [3.63, 3.8) is 0 Å². The van der Waals surface area contributed by atoms with Gasteiger partial charge in [0.2, 0.25) is 0 Å². The lowest BCUT2D eigenvalue weighted by Crippen LogP contribution is -2.14. The van der Waals surface area contributed by atoms with E-state index in [2.05, 4.69) is 21.6 Å². The summed E-state index contributed by atoms with van der Waals surface area (Å²) < 4.78 is 24.3. The van der Waals surface area contributed by atoms with Crippen LogP contribution in [0.1, 0.15) is 35.0 Å². The highest BCUT2D eigenvalue weighted by atomic mass is 35.7. The van der Waals surface area contributed by atoms with Gasteiger partial charge in [-0.05, 0) is 36.3 Å². The molecular formula is C11H12ClN3O2S2. The first-order valence-electron chi connectivity index (χ1n) is 5.88. The van der Waals surface area contributed by atoms with Gasteiger partial charge in [-0.25, -0.2) is 8.42 Å². The molecule has 2 aromatic heterocycles. The molecule has 2 heterocycles. The van der Waals surface area contributed by atoms with E-state index < -0.39 is 9.05 Å². The predicted octanol–water partition coefficient (Wildman–Crippen LogP) is 2.27. The van der Waals surface area contributed by atoms with Crippen LogP contribution >= 0.6 is 22.0 Å². The Morgan fingerprint density at radius 1 is 1.47 bits per heavy atom. The zero-order valence-electron chi connectivity index (χ0n) is 10.2. The fraction of sp³-hybridized carbons (Fsp3) is 0.455. The number of halogens is 1. The Hall–Kier alpha value is -0.920. The van der Waals surface area contributed by atoms with Crippen LogP contribution in [-0.4, -0.2) is 23.2 Å². The second-order valence-electron chi connectivity index (χ2n) is 4.58. The van der Waals surface area contributed by atoms with Gasteiger partial charge in [-0.3, -0.25) is 0 Å². The fourth-order valence-corrected chi connectivity index (χ4v) is 4.55. The van der Waals surface area contributed by atoms with E-state index in [0.717, 1.165) is 19.3 Å². The molecule has 0 amide bonds. The summed E-state index contributed by atoms with van der Waals surface area (Å²) in [5, 5.41) is 9.63. The third-order valence-electron chi connectivity index (χ3n) is 3.45. The number of rotatable bonds is 2. The zero-order chi connectivity index (χ0) is 13.6. The molecule has 0 bridgehead atoms. The predicted molar refractivity (Wildman–Crippen MR) is 73.1 cm³/mol. The van der Waals surface area contributed by atoms with Gasteiger partial charge in [0, 0.05) is 28.5 Å². The van der Waals surface area contributed by atoms with Crippen molar-refractivity contribution in [1.82, 2.24) is 14.8 Å². The highest BCUT2D eigenvalue weighted by Gasteiger charge is 2.29. The van der Waals surface area contributed by atoms with Crippen molar-refractivity contribution >= 4 is 31.1 Å². The summed E-state index contributed by atoms with van der Waals surface area (Å²) in [6.45, 7) is 0. The lowest BCUT2D eigenvalue weighted by atomic mass is 9.87. The van der Waals surface area contributed by atoms with Crippen LogP contribution in [0.25, 0.3) is 0 Å². The number of aromatic nitrogens is 3. The van der Waals surface area contributed by atoms with Gasteiger partial charge in [0.1, 0.15) is 5.82 Å². The van der Waals surface area contributed by atoms with E-state index in [1.807, 2.05) is 0 Å². The monoisotopic (exact) mass is 317 g/mol. The van der Waals surface area contributed by atoms with Crippen LogP contribution in [0.15, 0.2) is 16.6 Å². The molecule has 0 radical (unpaired) electrons. The lowest BCUT2D eigenvalue weighted by molar-refractivity contribution is 0.562. The summed E-state index contributed by atoms with van der Waals surface area (Å²) in [4.78, 5) is 1.36. The molecule has 0 saturated heterocycles. The molecule has 0 aliphatic heterocycles. The Labute approximate surface area is 119 Å². The maximum Gasteiger partial charge on any atom is 0.296 e. The Bertz CT molecular complexity index is 720. The summed E-state index contributed by atoms with van der Waals surface area (Å²) in [6, 6.07) is 2.09. The maximum atomic E-state index is 11.4. The molecule has 5 nitrogen and oxygen atoms in total. The number of hydrogen-bond donors (Lipinski definition) is 0. The van der Waals surface area contributed by atoms with Crippen LogP contribution in [0.3, 0.4) is 0 Å². The minimum atomic E-state index is -3.85. The lowest BCUT2D eigenvalue weighted by Gasteiger charge is -2.21. The number of fused-ring (bicyclic) bond motifs is 1. The molecule has 19 heavy (non-hydrogen) atoms. The van der Waals surface area contributed by atoms with Crippen molar-refractivity contribution in [3.8, 4) is 0 Å². The molecule has 3 rings (SSSR count). The molecular weight excluding hydrogens is 306 g/mol. The third-order valence-corrected chi connectivity index (χ3v) is 5.65. The van der Waals surface area contributed by atoms with Crippen LogP contribution < -0.4 is 0 Å². The SMILES string of the molecule is Cn1c(C2CCCc3sccc32)nnc1S(=O)(=O)Cl. The van der Waals surface area contributed by atoms with Gasteiger partial charge < -0.3 is 4.57 Å². The number of hydrogen-bond acceptors (Lipinski definition) is 5. The molecule has 0 fully saturated rings. The van der Waals surface area contributed by atoms with Gasteiger partial charge in [-0.2, -0.15) is 0 Å². The average Bonchev–Trinajstić information content (AvgIpc) is 2.93. The Morgan fingerprint density at radius 2 is 2.26 bits per heavy atom. The number of aryl methyl sites for hydroxylation is 1. The quantitative estimate of drug-likeness (QED) is 0.797. The normalized spacial score (nSPS) is 19.4. The van der Waals surface area contributed by atoms with E-state index in [9.17, 15) is 8.42 Å². The standard InChI is InChI=1S/C11H12ClN3O2S2/c1-15-10(13-14-11(15)19(12,16)17)8-3-2-4-9-7(8)5-6-18-9/h5-6,8H,2-4H2,1H3. The molecule has 1 atom stereocenters. The van der Waals surface area contributed by atoms with Crippen molar-refractivity contribution in [2.45, 2.75) is 30.3 Å². The van der Waals surface area contributed by atoms with Crippen molar-refractivity contribution in [1.29, 1.82) is 0 Å². The Morgan fingerprint density at radius 3 is 2.95 bits per heavy atom. The highest BCUT2D eigenvalue weighted by Crippen LogP contribution is 2.38. The van der Waals surface area contributed by atoms with Crippen LogP contribution in [0, 0.1) is 0 Å². The van der Waals surface area contributed by atoms with E-state index >= 15 is 0 Å². The van der Waals surface area contributed by atoms with Crippen LogP contribution in [-0.2, 0) is 22.5 Å². The third kappa shape index (κ3) is 2.19. The topological polar surface area (TPSA) is 64.8 Å². The van der Waals surface area contributed by atoms with Gasteiger partial charge in [0.05, 0.1) is 0 Å². The first-order chi connectivity index (χ1) is 8.98. The van der Waals surface area contributed by atoms with E-state index in [0.29, 0.717) is 5.82 Å². The van der Waals surface area contributed by atoms with E-state index in [4.69, 9.17) is 10.7 Å². The molecule has 0 aromatic carbocycles. The van der Waals surface area contributed by atoms with Crippen molar-refractivity contribution in [2.75, 3.05) is 0 Å². The minimum Gasteiger partial charge on any atom is -0.303 e. The van der Waals surface area contributed by atoms with Crippen LogP contribution in [0.2, 0.25) is 0 Å². The average molecular weight is 318 g/mol. The zero-order valence-corrected chi connectivity index (χ0v) is 12.6. The molecule has 1 unspecified atom stereocenters. The van der Waals surface area contributed by atoms with E-state index in [-0.39, 0.29) is 11.1 Å². The van der Waals surface area contributed by atoms with Gasteiger partial charge in [-0.15, -0.1) is 21.5 Å². The molecule has 0 spiro atoms. The minimum absolute atomic E-state index is 0.111. The molecule has 0 saturated carbocycles. The summed E-state index contributed by atoms with van der Waals surface area (Å²) in [5.41, 5.74) is 1.24. The fourth-order valence-electron chi connectivity index (χ4n) is 2.60. The van der Waals surface area contributed by atoms with Crippen LogP contribution in [0.5, 0.6) is 0 Å². The summed E-state index contributed by atoms with van der Waals surface area (Å²) in [6.07, 6.45) is 3.12. The van der Waals surface area contributed by atoms with Gasteiger partial charge in [0.25, 0.3) is 14.2 Å². The van der Waals surface area contributed by atoms with Crippen LogP contribution in [0.4, 0.5) is 0 Å². The molecule has 2 aromatic rings. The molecule has 8 heteroatoms. The summed E-state index contributed by atoms with van der Waals surface area (Å²) >= 11 is 1.74. The smallest absolute Gasteiger partial charge is 0.296 e. The van der Waals surface area contributed by atoms with Crippen molar-refractivity contribution < 1.29 is 8.42 Å². The Kier molecular flexibility index (Phi) is 3.15. The molecule has 1 aliphatic rings. The summed E-state index contributed by atoms with van der Waals surface area (Å²) in [7, 11) is 3.14. The second-order valence-corrected chi connectivity index (χ2v) is 8.04. The van der Waals surface area contributed by atoms with Gasteiger partial charge in [-0.1, -0.05) is 0 Å². The van der Waals surface area contributed by atoms with Gasteiger partial charge >= 0.3 is 0 Å².